The van der Waals surface area contributed by atoms with Crippen molar-refractivity contribution in [2.45, 2.75) is 80.6 Å². The van der Waals surface area contributed by atoms with Gasteiger partial charge in [-0.3, -0.25) is 0 Å². The van der Waals surface area contributed by atoms with Gasteiger partial charge in [-0.15, -0.1) is 0 Å². The summed E-state index contributed by atoms with van der Waals surface area (Å²) < 4.78 is 66.4. The van der Waals surface area contributed by atoms with Crippen LogP contribution in [0.5, 0.6) is 0 Å². The highest BCUT2D eigenvalue weighted by Gasteiger charge is 2.40. The third-order valence-electron chi connectivity index (χ3n) is 9.94. The minimum absolute atomic E-state index is 0.0566. The van der Waals surface area contributed by atoms with Crippen LogP contribution in [0.4, 0.5) is 0 Å². The number of imidazole rings is 2. The molecule has 298 valence electrons. The molecule has 4 aromatic heterocycles. The van der Waals surface area contributed by atoms with E-state index in [1.807, 2.05) is 60.7 Å². The Labute approximate surface area is 328 Å². The van der Waals surface area contributed by atoms with Crippen molar-refractivity contribution in [3.63, 3.8) is 0 Å². The van der Waals surface area contributed by atoms with Crippen molar-refractivity contribution in [2.24, 2.45) is 5.73 Å². The summed E-state index contributed by atoms with van der Waals surface area (Å²) in [7, 11) is -7.64. The first-order chi connectivity index (χ1) is 27.7. The van der Waals surface area contributed by atoms with Crippen molar-refractivity contribution in [3.05, 3.63) is 108 Å². The lowest BCUT2D eigenvalue weighted by Crippen LogP contribution is -2.39. The summed E-state index contributed by atoms with van der Waals surface area (Å²) >= 11 is 0. The number of nitrogens with two attached hydrogens (primary N) is 1. The Balaban J connectivity index is 0.000000165. The fourth-order valence-corrected chi connectivity index (χ4v) is 10.3. The van der Waals surface area contributed by atoms with Gasteiger partial charge in [-0.2, -0.15) is 18.6 Å². The van der Waals surface area contributed by atoms with E-state index in [1.54, 1.807) is 18.2 Å². The van der Waals surface area contributed by atoms with E-state index in [1.165, 1.54) is 8.61 Å². The Bertz CT molecular complexity index is 2590. The number of para-hydroxylation sites is 4. The predicted molar refractivity (Wildman–Crippen MR) is 207 cm³/mol. The van der Waals surface area contributed by atoms with E-state index in [-0.39, 0.29) is 16.9 Å². The van der Waals surface area contributed by atoms with Crippen molar-refractivity contribution < 1.29 is 25.9 Å². The molecule has 0 saturated carbocycles. The Kier molecular flexibility index (Phi) is 11.2. The summed E-state index contributed by atoms with van der Waals surface area (Å²) in [5, 5.41) is 11.2. The maximum Gasteiger partial charge on any atom is 0.277 e. The maximum atomic E-state index is 13.4. The average molecular weight is 815 g/mol. The third-order valence-corrected chi connectivity index (χ3v) is 13.4. The number of benzene rings is 3. The maximum absolute atomic E-state index is 13.4. The second-order valence-electron chi connectivity index (χ2n) is 13.8. The van der Waals surface area contributed by atoms with Gasteiger partial charge in [0.25, 0.3) is 20.0 Å². The SMILES string of the molecule is NCc1nc(C2CCCCN2S(=O)(=O)c2nc3ccccc3[nH]2)no1.O=S(=O)(c1nc2ccccc2[nH]1)N1CCCCC1c1noc(CNCc2ccccc2)n1. The molecule has 3 aromatic carbocycles. The summed E-state index contributed by atoms with van der Waals surface area (Å²) in [5.74, 6) is 1.46. The van der Waals surface area contributed by atoms with E-state index in [0.29, 0.717) is 84.5 Å². The van der Waals surface area contributed by atoms with Gasteiger partial charge < -0.3 is 30.1 Å². The van der Waals surface area contributed by atoms with Gasteiger partial charge >= 0.3 is 0 Å². The molecular weight excluding hydrogens is 773 g/mol. The van der Waals surface area contributed by atoms with Gasteiger partial charge in [-0.25, -0.2) is 26.8 Å². The smallest absolute Gasteiger partial charge is 0.277 e. The summed E-state index contributed by atoms with van der Waals surface area (Å²) in [5.41, 5.74) is 9.25. The minimum Gasteiger partial charge on any atom is -0.338 e. The molecule has 57 heavy (non-hydrogen) atoms. The number of nitrogens with one attached hydrogen (secondary N) is 3. The lowest BCUT2D eigenvalue weighted by molar-refractivity contribution is 0.238. The van der Waals surface area contributed by atoms with Crippen LogP contribution in [0.25, 0.3) is 22.1 Å². The first-order valence-corrected chi connectivity index (χ1v) is 21.6. The van der Waals surface area contributed by atoms with Crippen LogP contribution < -0.4 is 11.1 Å². The van der Waals surface area contributed by atoms with Gasteiger partial charge in [-0.05, 0) is 55.5 Å². The van der Waals surface area contributed by atoms with Gasteiger partial charge in [0.05, 0.1) is 47.2 Å². The molecule has 5 N–H and O–H groups in total. The van der Waals surface area contributed by atoms with Gasteiger partial charge in [0.15, 0.2) is 11.6 Å². The highest BCUT2D eigenvalue weighted by atomic mass is 32.2. The largest absolute Gasteiger partial charge is 0.338 e. The van der Waals surface area contributed by atoms with Gasteiger partial charge in [-0.1, -0.05) is 77.8 Å². The number of piperidine rings is 2. The molecule has 0 radical (unpaired) electrons. The van der Waals surface area contributed by atoms with E-state index < -0.39 is 32.1 Å². The summed E-state index contributed by atoms with van der Waals surface area (Å²) in [6, 6.07) is 23.5. The molecule has 2 unspecified atom stereocenters. The van der Waals surface area contributed by atoms with Crippen LogP contribution in [0.15, 0.2) is 98.2 Å². The molecule has 0 aliphatic carbocycles. The first-order valence-electron chi connectivity index (χ1n) is 18.7. The molecule has 2 aliphatic heterocycles. The fraction of sp³-hybridized carbons (Fsp3) is 0.351. The second kappa shape index (κ2) is 16.6. The van der Waals surface area contributed by atoms with E-state index in [9.17, 15) is 16.8 Å². The molecule has 2 aliphatic rings. The molecule has 2 fully saturated rings. The van der Waals surface area contributed by atoms with Crippen LogP contribution in [-0.2, 0) is 39.7 Å². The molecule has 9 rings (SSSR count). The number of aromatic nitrogens is 8. The van der Waals surface area contributed by atoms with Crippen molar-refractivity contribution in [2.75, 3.05) is 13.1 Å². The highest BCUT2D eigenvalue weighted by Crippen LogP contribution is 2.35. The Morgan fingerprint density at radius 2 is 1.12 bits per heavy atom. The Hall–Kier alpha value is -5.38. The Morgan fingerprint density at radius 3 is 1.63 bits per heavy atom. The van der Waals surface area contributed by atoms with Crippen LogP contribution in [-0.4, -0.2) is 78.8 Å². The molecule has 2 saturated heterocycles. The topological polar surface area (TPSA) is 248 Å². The molecule has 6 heterocycles. The van der Waals surface area contributed by atoms with Crippen LogP contribution in [0.3, 0.4) is 0 Å². The first kappa shape index (κ1) is 38.5. The number of rotatable bonds is 11. The number of aromatic amines is 2. The normalized spacial score (nSPS) is 18.5. The second-order valence-corrected chi connectivity index (χ2v) is 17.4. The Morgan fingerprint density at radius 1 is 0.632 bits per heavy atom. The molecule has 0 spiro atoms. The molecular formula is C37H42N12O6S2. The standard InChI is InChI=1S/C22H24N6O3S.C15H18N6O3S/c29-32(30,22-24-17-10-4-5-11-18(17)25-22)28-13-7-6-12-19(28)21-26-20(31-27-21)15-23-14-16-8-2-1-3-9-16;16-9-13-19-14(20-24-13)12-7-3-4-8-21(12)25(22,23)15-17-10-5-1-2-6-11(10)18-15/h1-5,8-11,19,23H,6-7,12-15H2,(H,24,25);1-2,5-6,12H,3-4,7-9,16H2,(H,17,18). The van der Waals surface area contributed by atoms with Gasteiger partial charge in [0, 0.05) is 19.6 Å². The number of fused-ring (bicyclic) bond motifs is 2. The summed E-state index contributed by atoms with van der Waals surface area (Å²) in [6.45, 7) is 1.98. The number of hydrogen-bond acceptors (Lipinski definition) is 14. The lowest BCUT2D eigenvalue weighted by atomic mass is 10.0. The summed E-state index contributed by atoms with van der Waals surface area (Å²) in [6.07, 6.45) is 4.60. The van der Waals surface area contributed by atoms with Crippen molar-refractivity contribution in [1.82, 2.24) is 54.1 Å². The highest BCUT2D eigenvalue weighted by molar-refractivity contribution is 7.89. The molecule has 0 amide bonds. The van der Waals surface area contributed by atoms with E-state index in [4.69, 9.17) is 14.8 Å². The van der Waals surface area contributed by atoms with Crippen molar-refractivity contribution >= 4 is 42.1 Å². The van der Waals surface area contributed by atoms with Gasteiger partial charge in [0.2, 0.25) is 22.1 Å². The van der Waals surface area contributed by atoms with E-state index in [2.05, 4.69) is 45.5 Å². The van der Waals surface area contributed by atoms with Crippen molar-refractivity contribution in [1.29, 1.82) is 0 Å². The van der Waals surface area contributed by atoms with E-state index in [0.717, 1.165) is 31.2 Å². The number of sulfonamides is 2. The van der Waals surface area contributed by atoms with Gasteiger partial charge in [0.1, 0.15) is 0 Å². The zero-order valence-corrected chi connectivity index (χ0v) is 32.5. The summed E-state index contributed by atoms with van der Waals surface area (Å²) in [4.78, 5) is 23.1. The molecule has 2 atom stereocenters. The number of hydrogen-bond donors (Lipinski definition) is 4. The van der Waals surface area contributed by atoms with E-state index >= 15 is 0 Å². The van der Waals surface area contributed by atoms with Crippen molar-refractivity contribution in [3.8, 4) is 0 Å². The van der Waals surface area contributed by atoms with Crippen LogP contribution in [0.2, 0.25) is 0 Å². The monoisotopic (exact) mass is 814 g/mol. The quantitative estimate of drug-likeness (QED) is 0.141. The number of H-pyrrole nitrogens is 2. The molecule has 20 heteroatoms. The minimum atomic E-state index is -3.84. The number of nitrogens with zero attached hydrogens (tertiary/aromatic N) is 8. The van der Waals surface area contributed by atoms with Crippen LogP contribution in [0.1, 0.15) is 79.6 Å². The van der Waals surface area contributed by atoms with Crippen LogP contribution in [0, 0.1) is 0 Å². The zero-order chi connectivity index (χ0) is 39.4. The predicted octanol–water partition coefficient (Wildman–Crippen LogP) is 4.47. The fourth-order valence-electron chi connectivity index (χ4n) is 7.10. The zero-order valence-electron chi connectivity index (χ0n) is 30.9. The third kappa shape index (κ3) is 8.22. The molecule has 18 nitrogen and oxygen atoms in total. The molecule has 0 bridgehead atoms. The van der Waals surface area contributed by atoms with Crippen LogP contribution >= 0.6 is 0 Å². The molecule has 7 aromatic rings. The average Bonchev–Trinajstić information content (AvgIpc) is 4.08. The lowest BCUT2D eigenvalue weighted by Gasteiger charge is -2.31.